The first-order valence-electron chi connectivity index (χ1n) is 8.22. The van der Waals surface area contributed by atoms with E-state index in [9.17, 15) is 0 Å². The van der Waals surface area contributed by atoms with E-state index in [0.29, 0.717) is 6.04 Å². The minimum absolute atomic E-state index is 0.496. The van der Waals surface area contributed by atoms with Crippen LogP contribution in [-0.2, 0) is 6.67 Å². The molecule has 0 amide bonds. The van der Waals surface area contributed by atoms with Crippen LogP contribution in [0.3, 0.4) is 0 Å². The summed E-state index contributed by atoms with van der Waals surface area (Å²) in [7, 11) is 0. The van der Waals surface area contributed by atoms with E-state index < -0.39 is 0 Å². The van der Waals surface area contributed by atoms with Gasteiger partial charge in [-0.05, 0) is 55.1 Å². The summed E-state index contributed by atoms with van der Waals surface area (Å²) in [5.74, 6) is 0. The van der Waals surface area contributed by atoms with E-state index in [0.717, 1.165) is 23.7 Å². The van der Waals surface area contributed by atoms with Gasteiger partial charge in [-0.25, -0.2) is 4.68 Å². The van der Waals surface area contributed by atoms with E-state index in [2.05, 4.69) is 46.6 Å². The topological polar surface area (TPSA) is 26.0 Å². The van der Waals surface area contributed by atoms with E-state index in [1.54, 1.807) is 0 Å². The minimum Gasteiger partial charge on any atom is -0.276 e. The number of rotatable bonds is 4. The Kier molecular flexibility index (Phi) is 4.35. The van der Waals surface area contributed by atoms with E-state index in [-0.39, 0.29) is 0 Å². The summed E-state index contributed by atoms with van der Waals surface area (Å²) in [4.78, 5) is 3.92. The molecule has 1 aromatic carbocycles. The highest BCUT2D eigenvalue weighted by molar-refractivity contribution is 7.71. The van der Waals surface area contributed by atoms with E-state index in [1.165, 1.54) is 23.3 Å². The first kappa shape index (κ1) is 15.7. The monoisotopic (exact) mass is 356 g/mol. The van der Waals surface area contributed by atoms with Crippen LogP contribution in [0.4, 0.5) is 0 Å². The number of aromatic nitrogens is 3. The maximum atomic E-state index is 5.68. The third kappa shape index (κ3) is 2.85. The van der Waals surface area contributed by atoms with Crippen LogP contribution in [0.25, 0.3) is 5.69 Å². The van der Waals surface area contributed by atoms with Gasteiger partial charge in [-0.15, -0.1) is 11.3 Å². The fraction of sp³-hybridized carbons (Fsp3) is 0.333. The summed E-state index contributed by atoms with van der Waals surface area (Å²) >= 11 is 7.52. The van der Waals surface area contributed by atoms with Gasteiger partial charge in [0.15, 0.2) is 0 Å². The van der Waals surface area contributed by atoms with Crippen LogP contribution in [0.15, 0.2) is 48.1 Å². The number of aryl methyl sites for hydroxylation is 1. The second kappa shape index (κ2) is 6.63. The first-order chi connectivity index (χ1) is 11.7. The molecule has 0 aliphatic carbocycles. The maximum absolute atomic E-state index is 5.68. The number of hydrogen-bond acceptors (Lipinski definition) is 4. The van der Waals surface area contributed by atoms with Crippen molar-refractivity contribution in [2.24, 2.45) is 0 Å². The van der Waals surface area contributed by atoms with Gasteiger partial charge in [-0.1, -0.05) is 24.3 Å². The van der Waals surface area contributed by atoms with Crippen LogP contribution < -0.4 is 0 Å². The fourth-order valence-electron chi connectivity index (χ4n) is 3.40. The summed E-state index contributed by atoms with van der Waals surface area (Å²) < 4.78 is 4.69. The summed E-state index contributed by atoms with van der Waals surface area (Å²) in [5.41, 5.74) is 2.30. The van der Waals surface area contributed by atoms with Crippen molar-refractivity contribution in [3.05, 3.63) is 63.3 Å². The molecule has 3 heterocycles. The van der Waals surface area contributed by atoms with Gasteiger partial charge in [0.1, 0.15) is 6.33 Å². The molecule has 0 bridgehead atoms. The molecule has 2 aromatic heterocycles. The normalized spacial score (nSPS) is 18.3. The van der Waals surface area contributed by atoms with Crippen LogP contribution in [0.2, 0.25) is 0 Å². The number of likely N-dealkylation sites (tertiary alicyclic amines) is 1. The number of nitrogens with zero attached hydrogens (tertiary/aromatic N) is 4. The Balaban J connectivity index is 1.60. The molecule has 0 saturated carbocycles. The lowest BCUT2D eigenvalue weighted by Gasteiger charge is -2.23. The summed E-state index contributed by atoms with van der Waals surface area (Å²) in [6.07, 6.45) is 4.28. The zero-order valence-corrected chi connectivity index (χ0v) is 15.3. The molecule has 0 N–H and O–H groups in total. The molecule has 4 nitrogen and oxygen atoms in total. The van der Waals surface area contributed by atoms with Crippen molar-refractivity contribution in [3.63, 3.8) is 0 Å². The van der Waals surface area contributed by atoms with E-state index in [1.807, 2.05) is 39.0 Å². The van der Waals surface area contributed by atoms with Crippen LogP contribution in [0.1, 0.15) is 29.3 Å². The Morgan fingerprint density at radius 2 is 2.12 bits per heavy atom. The van der Waals surface area contributed by atoms with Gasteiger partial charge in [0.05, 0.1) is 12.4 Å². The zero-order chi connectivity index (χ0) is 16.5. The van der Waals surface area contributed by atoms with E-state index in [4.69, 9.17) is 12.2 Å². The highest BCUT2D eigenvalue weighted by Crippen LogP contribution is 2.34. The molecular weight excluding hydrogens is 336 g/mol. The molecule has 124 valence electrons. The molecule has 4 rings (SSSR count). The van der Waals surface area contributed by atoms with Gasteiger partial charge >= 0.3 is 0 Å². The Labute approximate surface area is 151 Å². The molecule has 1 aliphatic heterocycles. The molecule has 0 unspecified atom stereocenters. The Morgan fingerprint density at radius 1 is 1.25 bits per heavy atom. The lowest BCUT2D eigenvalue weighted by molar-refractivity contribution is 0.192. The van der Waals surface area contributed by atoms with Gasteiger partial charge in [0.2, 0.25) is 4.77 Å². The third-order valence-corrected chi connectivity index (χ3v) is 6.04. The van der Waals surface area contributed by atoms with Crippen molar-refractivity contribution >= 4 is 23.6 Å². The van der Waals surface area contributed by atoms with Crippen LogP contribution in [0.5, 0.6) is 0 Å². The largest absolute Gasteiger partial charge is 0.276 e. The second-order valence-corrected chi connectivity index (χ2v) is 7.54. The molecule has 6 heteroatoms. The smallest absolute Gasteiger partial charge is 0.203 e. The Bertz CT molecular complexity index is 879. The average Bonchev–Trinajstić information content (AvgIpc) is 3.31. The van der Waals surface area contributed by atoms with Gasteiger partial charge < -0.3 is 0 Å². The van der Waals surface area contributed by atoms with Crippen molar-refractivity contribution in [1.82, 2.24) is 19.2 Å². The van der Waals surface area contributed by atoms with Crippen LogP contribution in [0, 0.1) is 11.7 Å². The lowest BCUT2D eigenvalue weighted by atomic mass is 10.2. The van der Waals surface area contributed by atoms with Crippen molar-refractivity contribution < 1.29 is 0 Å². The summed E-state index contributed by atoms with van der Waals surface area (Å²) in [5, 5.41) is 6.71. The lowest BCUT2D eigenvalue weighted by Crippen LogP contribution is -2.26. The molecule has 1 fully saturated rings. The molecule has 1 atom stereocenters. The van der Waals surface area contributed by atoms with Gasteiger partial charge in [0.25, 0.3) is 0 Å². The van der Waals surface area contributed by atoms with E-state index >= 15 is 0 Å². The predicted molar refractivity (Wildman–Crippen MR) is 100 cm³/mol. The SMILES string of the molecule is Cc1ccccc1-n1cnn(CN2CCC[C@@H]2c2cccs2)c1=S. The highest BCUT2D eigenvalue weighted by Gasteiger charge is 2.27. The fourth-order valence-corrected chi connectivity index (χ4v) is 4.55. The van der Waals surface area contributed by atoms with Gasteiger partial charge in [-0.3, -0.25) is 9.47 Å². The maximum Gasteiger partial charge on any atom is 0.203 e. The average molecular weight is 357 g/mol. The number of benzene rings is 1. The molecular formula is C18H20N4S2. The number of hydrogen-bond donors (Lipinski definition) is 0. The summed E-state index contributed by atoms with van der Waals surface area (Å²) in [6, 6.07) is 13.1. The van der Waals surface area contributed by atoms with Crippen LogP contribution >= 0.6 is 23.6 Å². The van der Waals surface area contributed by atoms with Gasteiger partial charge in [0, 0.05) is 17.5 Å². The Morgan fingerprint density at radius 3 is 2.92 bits per heavy atom. The zero-order valence-electron chi connectivity index (χ0n) is 13.6. The quantitative estimate of drug-likeness (QED) is 0.641. The van der Waals surface area contributed by atoms with Gasteiger partial charge in [-0.2, -0.15) is 5.10 Å². The van der Waals surface area contributed by atoms with Crippen molar-refractivity contribution in [2.75, 3.05) is 6.54 Å². The minimum atomic E-state index is 0.496. The molecule has 1 saturated heterocycles. The molecule has 0 spiro atoms. The van der Waals surface area contributed by atoms with Crippen molar-refractivity contribution in [1.29, 1.82) is 0 Å². The number of thiophene rings is 1. The van der Waals surface area contributed by atoms with Crippen molar-refractivity contribution in [3.8, 4) is 5.69 Å². The molecule has 3 aromatic rings. The van der Waals surface area contributed by atoms with Crippen molar-refractivity contribution in [2.45, 2.75) is 32.5 Å². The molecule has 1 aliphatic rings. The molecule has 24 heavy (non-hydrogen) atoms. The first-order valence-corrected chi connectivity index (χ1v) is 9.51. The number of para-hydroxylation sites is 1. The summed E-state index contributed by atoms with van der Waals surface area (Å²) in [6.45, 7) is 3.95. The molecule has 0 radical (unpaired) electrons. The Hall–Kier alpha value is -1.76. The standard InChI is InChI=1S/C18H20N4S2/c1-14-6-2-3-7-15(14)21-12-19-22(18(21)23)13-20-10-4-8-16(20)17-9-5-11-24-17/h2-3,5-7,9,11-12,16H,4,8,10,13H2,1H3/t16-/m1/s1. The highest BCUT2D eigenvalue weighted by atomic mass is 32.1. The second-order valence-electron chi connectivity index (χ2n) is 6.20. The third-order valence-electron chi connectivity index (χ3n) is 4.66. The predicted octanol–water partition coefficient (Wildman–Crippen LogP) is 4.57. The van der Waals surface area contributed by atoms with Crippen LogP contribution in [-0.4, -0.2) is 25.8 Å².